The highest BCUT2D eigenvalue weighted by atomic mass is 16.5. The van der Waals surface area contributed by atoms with Crippen LogP contribution >= 0.6 is 0 Å². The van der Waals surface area contributed by atoms with E-state index in [0.29, 0.717) is 12.4 Å². The van der Waals surface area contributed by atoms with E-state index < -0.39 is 0 Å². The van der Waals surface area contributed by atoms with E-state index in [1.54, 1.807) is 24.3 Å². The van der Waals surface area contributed by atoms with Crippen molar-refractivity contribution in [2.45, 2.75) is 6.92 Å². The van der Waals surface area contributed by atoms with Crippen molar-refractivity contribution in [1.29, 1.82) is 0 Å². The molecule has 2 N–H and O–H groups in total. The van der Waals surface area contributed by atoms with E-state index in [9.17, 15) is 0 Å². The molecular weight excluding hydrogens is 248 g/mol. The van der Waals surface area contributed by atoms with Gasteiger partial charge in [-0.25, -0.2) is 0 Å². The molecule has 7 nitrogen and oxygen atoms in total. The van der Waals surface area contributed by atoms with Gasteiger partial charge in [0.05, 0.1) is 13.7 Å². The summed E-state index contributed by atoms with van der Waals surface area (Å²) in [5.41, 5.74) is 5.51. The smallest absolute Gasteiger partial charge is 0.330 e. The summed E-state index contributed by atoms with van der Waals surface area (Å²) >= 11 is 0. The second-order valence-corrected chi connectivity index (χ2v) is 3.47. The van der Waals surface area contributed by atoms with Crippen LogP contribution in [0.4, 0.5) is 5.95 Å². The van der Waals surface area contributed by atoms with Gasteiger partial charge in [-0.05, 0) is 31.2 Å². The van der Waals surface area contributed by atoms with Gasteiger partial charge in [0.1, 0.15) is 11.5 Å². The second-order valence-electron chi connectivity index (χ2n) is 3.47. The first-order valence-electron chi connectivity index (χ1n) is 5.67. The van der Waals surface area contributed by atoms with E-state index in [2.05, 4.69) is 15.0 Å². The Balaban J connectivity index is 2.14. The van der Waals surface area contributed by atoms with Crippen LogP contribution in [0.15, 0.2) is 24.3 Å². The molecule has 1 aromatic heterocycles. The van der Waals surface area contributed by atoms with Crippen molar-refractivity contribution < 1.29 is 14.2 Å². The van der Waals surface area contributed by atoms with Gasteiger partial charge in [-0.2, -0.15) is 9.97 Å². The third kappa shape index (κ3) is 3.44. The van der Waals surface area contributed by atoms with E-state index in [-0.39, 0.29) is 18.0 Å². The second kappa shape index (κ2) is 5.85. The van der Waals surface area contributed by atoms with Crippen molar-refractivity contribution in [3.63, 3.8) is 0 Å². The molecule has 2 aromatic rings. The number of anilines is 1. The Labute approximate surface area is 110 Å². The van der Waals surface area contributed by atoms with Gasteiger partial charge in [0, 0.05) is 0 Å². The first kappa shape index (κ1) is 12.9. The number of methoxy groups -OCH3 is 1. The largest absolute Gasteiger partial charge is 0.494 e. The molecular formula is C12H14N4O3. The van der Waals surface area contributed by atoms with E-state index in [4.69, 9.17) is 19.9 Å². The fourth-order valence-corrected chi connectivity index (χ4v) is 1.37. The molecule has 1 heterocycles. The molecule has 0 unspecified atom stereocenters. The summed E-state index contributed by atoms with van der Waals surface area (Å²) in [7, 11) is 1.44. The highest BCUT2D eigenvalue weighted by Crippen LogP contribution is 2.22. The van der Waals surface area contributed by atoms with Gasteiger partial charge in [-0.15, -0.1) is 4.98 Å². The van der Waals surface area contributed by atoms with Gasteiger partial charge in [-0.3, -0.25) is 0 Å². The van der Waals surface area contributed by atoms with E-state index in [0.717, 1.165) is 5.75 Å². The molecule has 0 fully saturated rings. The molecule has 0 atom stereocenters. The van der Waals surface area contributed by atoms with Crippen LogP contribution in [0.25, 0.3) is 0 Å². The number of aromatic nitrogens is 3. The minimum absolute atomic E-state index is 0.0350. The fraction of sp³-hybridized carbons (Fsp3) is 0.250. The topological polar surface area (TPSA) is 92.4 Å². The van der Waals surface area contributed by atoms with Crippen molar-refractivity contribution in [1.82, 2.24) is 15.0 Å². The number of nitrogens with two attached hydrogens (primary N) is 1. The zero-order valence-electron chi connectivity index (χ0n) is 10.7. The van der Waals surface area contributed by atoms with Crippen LogP contribution < -0.4 is 19.9 Å². The van der Waals surface area contributed by atoms with Crippen LogP contribution in [0.5, 0.6) is 23.5 Å². The van der Waals surface area contributed by atoms with Crippen LogP contribution in [0.1, 0.15) is 6.92 Å². The molecule has 2 rings (SSSR count). The number of nitrogens with zero attached hydrogens (tertiary/aromatic N) is 3. The first-order valence-corrected chi connectivity index (χ1v) is 5.67. The van der Waals surface area contributed by atoms with Gasteiger partial charge in [-0.1, -0.05) is 0 Å². The zero-order valence-corrected chi connectivity index (χ0v) is 10.7. The molecule has 0 aliphatic carbocycles. The molecule has 0 bridgehead atoms. The van der Waals surface area contributed by atoms with Crippen molar-refractivity contribution in [2.24, 2.45) is 0 Å². The number of benzene rings is 1. The standard InChI is InChI=1S/C12H14N4O3/c1-3-18-8-4-6-9(7-5-8)19-12-15-10(13)14-11(16-12)17-2/h4-7H,3H2,1-2H3,(H2,13,14,15,16). The number of nitrogen functional groups attached to an aromatic ring is 1. The number of hydrogen-bond donors (Lipinski definition) is 1. The lowest BCUT2D eigenvalue weighted by Crippen LogP contribution is -2.02. The van der Waals surface area contributed by atoms with Crippen molar-refractivity contribution >= 4 is 5.95 Å². The predicted octanol–water partition coefficient (Wildman–Crippen LogP) is 1.65. The Hall–Kier alpha value is -2.57. The predicted molar refractivity (Wildman–Crippen MR) is 68.5 cm³/mol. The fourth-order valence-electron chi connectivity index (χ4n) is 1.37. The molecule has 0 aliphatic heterocycles. The van der Waals surface area contributed by atoms with Gasteiger partial charge >= 0.3 is 12.0 Å². The number of rotatable bonds is 5. The van der Waals surface area contributed by atoms with Crippen LogP contribution in [-0.2, 0) is 0 Å². The van der Waals surface area contributed by atoms with E-state index in [1.165, 1.54) is 7.11 Å². The summed E-state index contributed by atoms with van der Waals surface area (Å²) in [5.74, 6) is 1.37. The molecule has 0 spiro atoms. The summed E-state index contributed by atoms with van der Waals surface area (Å²) in [4.78, 5) is 11.6. The van der Waals surface area contributed by atoms with E-state index >= 15 is 0 Å². The molecule has 0 amide bonds. The maximum absolute atomic E-state index is 5.51. The average molecular weight is 262 g/mol. The van der Waals surface area contributed by atoms with Gasteiger partial charge in [0.25, 0.3) is 0 Å². The monoisotopic (exact) mass is 262 g/mol. The van der Waals surface area contributed by atoms with Crippen LogP contribution in [0, 0.1) is 0 Å². The van der Waals surface area contributed by atoms with Gasteiger partial charge in [0.15, 0.2) is 0 Å². The molecule has 0 saturated heterocycles. The highest BCUT2D eigenvalue weighted by molar-refractivity contribution is 5.33. The maximum atomic E-state index is 5.51. The lowest BCUT2D eigenvalue weighted by molar-refractivity contribution is 0.338. The zero-order chi connectivity index (χ0) is 13.7. The lowest BCUT2D eigenvalue weighted by atomic mass is 10.3. The van der Waals surface area contributed by atoms with Crippen molar-refractivity contribution in [3.8, 4) is 23.5 Å². The molecule has 0 saturated carbocycles. The molecule has 7 heteroatoms. The highest BCUT2D eigenvalue weighted by Gasteiger charge is 2.06. The minimum Gasteiger partial charge on any atom is -0.494 e. The minimum atomic E-state index is 0.0350. The molecule has 1 aromatic carbocycles. The van der Waals surface area contributed by atoms with Crippen LogP contribution in [-0.4, -0.2) is 28.7 Å². The number of hydrogen-bond acceptors (Lipinski definition) is 7. The van der Waals surface area contributed by atoms with Crippen LogP contribution in [0.2, 0.25) is 0 Å². The summed E-state index contributed by atoms with van der Waals surface area (Å²) < 4.78 is 15.7. The summed E-state index contributed by atoms with van der Waals surface area (Å²) in [6.07, 6.45) is 0. The maximum Gasteiger partial charge on any atom is 0.330 e. The molecule has 19 heavy (non-hydrogen) atoms. The molecule has 0 radical (unpaired) electrons. The summed E-state index contributed by atoms with van der Waals surface area (Å²) in [6, 6.07) is 7.26. The Kier molecular flexibility index (Phi) is 3.97. The lowest BCUT2D eigenvalue weighted by Gasteiger charge is -2.06. The SMILES string of the molecule is CCOc1ccc(Oc2nc(N)nc(OC)n2)cc1. The number of ether oxygens (including phenoxy) is 3. The first-order chi connectivity index (χ1) is 9.21. The summed E-state index contributed by atoms with van der Waals surface area (Å²) in [6.45, 7) is 2.53. The van der Waals surface area contributed by atoms with Crippen molar-refractivity contribution in [3.05, 3.63) is 24.3 Å². The Bertz CT molecular complexity index is 545. The van der Waals surface area contributed by atoms with E-state index in [1.807, 2.05) is 6.92 Å². The van der Waals surface area contributed by atoms with Gasteiger partial charge < -0.3 is 19.9 Å². The Morgan fingerprint density at radius 2 is 1.63 bits per heavy atom. The average Bonchev–Trinajstić information content (AvgIpc) is 2.40. The third-order valence-electron chi connectivity index (χ3n) is 2.14. The third-order valence-corrected chi connectivity index (χ3v) is 2.14. The molecule has 100 valence electrons. The Morgan fingerprint density at radius 3 is 2.26 bits per heavy atom. The molecule has 0 aliphatic rings. The van der Waals surface area contributed by atoms with Crippen molar-refractivity contribution in [2.75, 3.05) is 19.5 Å². The Morgan fingerprint density at radius 1 is 1.00 bits per heavy atom. The quantitative estimate of drug-likeness (QED) is 0.875. The van der Waals surface area contributed by atoms with Gasteiger partial charge in [0.2, 0.25) is 5.95 Å². The summed E-state index contributed by atoms with van der Waals surface area (Å²) in [5, 5.41) is 0. The normalized spacial score (nSPS) is 10.0. The van der Waals surface area contributed by atoms with Crippen LogP contribution in [0.3, 0.4) is 0 Å².